The number of piperidine rings is 1. The Kier molecular flexibility index (Phi) is 7.04. The van der Waals surface area contributed by atoms with Crippen molar-refractivity contribution in [3.05, 3.63) is 16.1 Å². The number of hydrogen-bond acceptors (Lipinski definition) is 6. The number of terminal acetylenes is 1. The summed E-state index contributed by atoms with van der Waals surface area (Å²) in [6.07, 6.45) is 1.26. The zero-order valence-electron chi connectivity index (χ0n) is 16.5. The monoisotopic (exact) mass is 458 g/mol. The van der Waals surface area contributed by atoms with Gasteiger partial charge in [0, 0.05) is 43.5 Å². The Hall–Kier alpha value is -2.81. The highest BCUT2D eigenvalue weighted by molar-refractivity contribution is 7.09. The van der Waals surface area contributed by atoms with E-state index >= 15 is 0 Å². The number of alkyl halides is 3. The van der Waals surface area contributed by atoms with E-state index in [-0.39, 0.29) is 43.6 Å². The molecule has 1 atom stereocenters. The molecule has 2 aliphatic heterocycles. The van der Waals surface area contributed by atoms with Gasteiger partial charge in [-0.05, 0) is 19.3 Å². The van der Waals surface area contributed by atoms with Crippen molar-refractivity contribution in [1.29, 1.82) is 0 Å². The number of amides is 3. The molecule has 12 heteroatoms. The lowest BCUT2D eigenvalue weighted by Crippen LogP contribution is -2.44. The van der Waals surface area contributed by atoms with Gasteiger partial charge < -0.3 is 19.9 Å². The fourth-order valence-corrected chi connectivity index (χ4v) is 4.53. The molecule has 0 saturated carbocycles. The van der Waals surface area contributed by atoms with Crippen LogP contribution < -0.4 is 5.32 Å². The molecule has 2 aliphatic rings. The minimum absolute atomic E-state index is 0.00563. The minimum atomic E-state index is -4.95. The first-order chi connectivity index (χ1) is 14.7. The molecule has 3 amide bonds. The van der Waals surface area contributed by atoms with E-state index < -0.39 is 24.2 Å². The summed E-state index contributed by atoms with van der Waals surface area (Å²) in [5.41, 5.74) is 0.235. The van der Waals surface area contributed by atoms with Crippen LogP contribution in [-0.4, -0.2) is 77.7 Å². The molecule has 0 aliphatic carbocycles. The smallest absolute Gasteiger partial charge is 0.436 e. The van der Waals surface area contributed by atoms with Crippen LogP contribution in [0.2, 0.25) is 0 Å². The van der Waals surface area contributed by atoms with Crippen LogP contribution in [0, 0.1) is 12.3 Å². The summed E-state index contributed by atoms with van der Waals surface area (Å²) in [5, 5.41) is 4.32. The molecule has 2 fully saturated rings. The van der Waals surface area contributed by atoms with Crippen LogP contribution in [0.3, 0.4) is 0 Å². The molecule has 1 aromatic rings. The summed E-state index contributed by atoms with van der Waals surface area (Å²) >= 11 is 1.34. The van der Waals surface area contributed by atoms with Crippen molar-refractivity contribution in [1.82, 2.24) is 20.1 Å². The number of halogens is 3. The van der Waals surface area contributed by atoms with Crippen molar-refractivity contribution >= 4 is 29.2 Å². The maximum Gasteiger partial charge on any atom is 0.471 e. The Morgan fingerprint density at radius 2 is 1.90 bits per heavy atom. The van der Waals surface area contributed by atoms with Gasteiger partial charge in [-0.3, -0.25) is 9.59 Å². The number of aromatic nitrogens is 1. The number of nitrogens with one attached hydrogen (secondary N) is 1. The lowest BCUT2D eigenvalue weighted by molar-refractivity contribution is -0.174. The van der Waals surface area contributed by atoms with E-state index in [1.165, 1.54) is 16.2 Å². The normalized spacial score (nSPS) is 19.7. The molecule has 8 nitrogen and oxygen atoms in total. The predicted molar refractivity (Wildman–Crippen MR) is 104 cm³/mol. The lowest BCUT2D eigenvalue weighted by Gasteiger charge is -2.30. The fourth-order valence-electron chi connectivity index (χ4n) is 3.57. The molecule has 0 aromatic carbocycles. The third-order valence-corrected chi connectivity index (χ3v) is 6.20. The van der Waals surface area contributed by atoms with Crippen molar-refractivity contribution in [2.45, 2.75) is 37.4 Å². The van der Waals surface area contributed by atoms with E-state index in [1.807, 2.05) is 5.32 Å². The van der Waals surface area contributed by atoms with Gasteiger partial charge >= 0.3 is 18.2 Å². The molecule has 0 bridgehead atoms. The quantitative estimate of drug-likeness (QED) is 0.697. The van der Waals surface area contributed by atoms with Crippen LogP contribution in [0.1, 0.15) is 40.7 Å². The summed E-state index contributed by atoms with van der Waals surface area (Å²) in [5.74, 6) is -0.0356. The second-order valence-electron chi connectivity index (χ2n) is 7.30. The van der Waals surface area contributed by atoms with Crippen LogP contribution in [0.5, 0.6) is 0 Å². The molecular weight excluding hydrogens is 437 g/mol. The van der Waals surface area contributed by atoms with Gasteiger partial charge in [0.1, 0.15) is 5.69 Å². The first-order valence-corrected chi connectivity index (χ1v) is 10.5. The Balaban J connectivity index is 1.51. The third-order valence-electron chi connectivity index (χ3n) is 5.19. The van der Waals surface area contributed by atoms with Crippen LogP contribution >= 0.6 is 11.3 Å². The summed E-state index contributed by atoms with van der Waals surface area (Å²) < 4.78 is 42.1. The number of rotatable bonds is 4. The van der Waals surface area contributed by atoms with Crippen molar-refractivity contribution in [3.8, 4) is 12.3 Å². The molecule has 3 heterocycles. The zero-order chi connectivity index (χ0) is 22.6. The fraction of sp³-hybridized carbons (Fsp3) is 0.579. The molecule has 3 rings (SSSR count). The molecule has 168 valence electrons. The van der Waals surface area contributed by atoms with Crippen molar-refractivity contribution in [2.24, 2.45) is 0 Å². The number of thiazole rings is 1. The first kappa shape index (κ1) is 22.9. The molecule has 0 radical (unpaired) electrons. The minimum Gasteiger partial charge on any atom is -0.436 e. The van der Waals surface area contributed by atoms with Crippen molar-refractivity contribution in [3.63, 3.8) is 0 Å². The van der Waals surface area contributed by atoms with E-state index in [0.717, 1.165) is 5.01 Å². The van der Waals surface area contributed by atoms with Crippen LogP contribution in [0.4, 0.5) is 18.0 Å². The van der Waals surface area contributed by atoms with E-state index in [2.05, 4.69) is 10.9 Å². The SMILES string of the molecule is C#CCOC(=O)N1CCC(c2nc(C(=O)N3CCC(NC(=O)C(F)(F)F)C3)cs2)CC1. The Morgan fingerprint density at radius 1 is 1.23 bits per heavy atom. The van der Waals surface area contributed by atoms with Crippen LogP contribution in [0.15, 0.2) is 5.38 Å². The molecule has 1 N–H and O–H groups in total. The first-order valence-electron chi connectivity index (χ1n) is 9.66. The lowest BCUT2D eigenvalue weighted by atomic mass is 9.98. The average molecular weight is 458 g/mol. The van der Waals surface area contributed by atoms with Gasteiger partial charge in [-0.25, -0.2) is 9.78 Å². The highest BCUT2D eigenvalue weighted by Crippen LogP contribution is 2.31. The van der Waals surface area contributed by atoms with Crippen LogP contribution in [-0.2, 0) is 9.53 Å². The number of likely N-dealkylation sites (tertiary alicyclic amines) is 2. The maximum atomic E-state index is 12.7. The summed E-state index contributed by atoms with van der Waals surface area (Å²) in [4.78, 5) is 43.0. The highest BCUT2D eigenvalue weighted by atomic mass is 32.1. The number of nitrogens with zero attached hydrogens (tertiary/aromatic N) is 3. The van der Waals surface area contributed by atoms with Crippen LogP contribution in [0.25, 0.3) is 0 Å². The summed E-state index contributed by atoms with van der Waals surface area (Å²) in [7, 11) is 0. The second kappa shape index (κ2) is 9.55. The maximum absolute atomic E-state index is 12.7. The Bertz CT molecular complexity index is 874. The Morgan fingerprint density at radius 3 is 2.55 bits per heavy atom. The van der Waals surface area contributed by atoms with Gasteiger partial charge in [0.2, 0.25) is 0 Å². The molecule has 1 aromatic heterocycles. The third kappa shape index (κ3) is 5.66. The summed E-state index contributed by atoms with van der Waals surface area (Å²) in [6.45, 7) is 1.15. The average Bonchev–Trinajstić information content (AvgIpc) is 3.41. The number of hydrogen-bond donors (Lipinski definition) is 1. The molecule has 1 unspecified atom stereocenters. The molecular formula is C19H21F3N4O4S. The van der Waals surface area contributed by atoms with Crippen molar-refractivity contribution in [2.75, 3.05) is 32.8 Å². The second-order valence-corrected chi connectivity index (χ2v) is 8.19. The van der Waals surface area contributed by atoms with E-state index in [1.54, 1.807) is 10.3 Å². The van der Waals surface area contributed by atoms with Gasteiger partial charge in [-0.1, -0.05) is 5.92 Å². The van der Waals surface area contributed by atoms with E-state index in [9.17, 15) is 27.6 Å². The standard InChI is InChI=1S/C19H21F3N4O4S/c1-2-9-30-18(29)25-6-3-12(4-7-25)15-24-14(11-31-15)16(27)26-8-5-13(10-26)23-17(28)19(20,21)22/h1,11-13H,3-10H2,(H,23,28). The van der Waals surface area contributed by atoms with E-state index in [4.69, 9.17) is 11.2 Å². The summed E-state index contributed by atoms with van der Waals surface area (Å²) in [6, 6.07) is -0.741. The topological polar surface area (TPSA) is 91.8 Å². The predicted octanol–water partition coefficient (Wildman–Crippen LogP) is 1.99. The van der Waals surface area contributed by atoms with Crippen molar-refractivity contribution < 1.29 is 32.3 Å². The number of carbonyl (C=O) groups is 3. The molecule has 0 spiro atoms. The molecule has 31 heavy (non-hydrogen) atoms. The largest absolute Gasteiger partial charge is 0.471 e. The molecule has 2 saturated heterocycles. The van der Waals surface area contributed by atoms with E-state index in [0.29, 0.717) is 25.9 Å². The number of ether oxygens (including phenoxy) is 1. The Labute approximate surface area is 180 Å². The van der Waals surface area contributed by atoms with Gasteiger partial charge in [0.25, 0.3) is 5.91 Å². The van der Waals surface area contributed by atoms with Gasteiger partial charge in [-0.15, -0.1) is 17.8 Å². The van der Waals surface area contributed by atoms with Gasteiger partial charge in [0.05, 0.1) is 5.01 Å². The van der Waals surface area contributed by atoms with Gasteiger partial charge in [-0.2, -0.15) is 13.2 Å². The van der Waals surface area contributed by atoms with Gasteiger partial charge in [0.15, 0.2) is 6.61 Å². The number of carbonyl (C=O) groups excluding carboxylic acids is 3. The zero-order valence-corrected chi connectivity index (χ0v) is 17.3. The highest BCUT2D eigenvalue weighted by Gasteiger charge is 2.41.